The zero-order chi connectivity index (χ0) is 14.2. The van der Waals surface area contributed by atoms with Crippen LogP contribution in [0.1, 0.15) is 18.2 Å². The predicted octanol–water partition coefficient (Wildman–Crippen LogP) is 1.73. The standard InChI is InChI=1S/C14H16N2O3/c1-4-9-7-10(17)5-6-11(9)12-13(18)8(2)15-16(3)14(12)19/h5-7,17-18H,4H2,1-3H3. The molecule has 0 saturated heterocycles. The van der Waals surface area contributed by atoms with Crippen LogP contribution in [0.4, 0.5) is 0 Å². The van der Waals surface area contributed by atoms with E-state index in [0.29, 0.717) is 17.7 Å². The van der Waals surface area contributed by atoms with Crippen LogP contribution in [-0.2, 0) is 13.5 Å². The van der Waals surface area contributed by atoms with Crippen molar-refractivity contribution >= 4 is 0 Å². The van der Waals surface area contributed by atoms with Crippen LogP contribution in [0.3, 0.4) is 0 Å². The van der Waals surface area contributed by atoms with Gasteiger partial charge in [0, 0.05) is 7.05 Å². The number of phenols is 1. The Morgan fingerprint density at radius 2 is 2.00 bits per heavy atom. The maximum absolute atomic E-state index is 12.2. The molecule has 0 amide bonds. The number of hydrogen-bond donors (Lipinski definition) is 2. The fourth-order valence-corrected chi connectivity index (χ4v) is 2.12. The van der Waals surface area contributed by atoms with E-state index in [0.717, 1.165) is 5.56 Å². The van der Waals surface area contributed by atoms with Crippen LogP contribution in [0.5, 0.6) is 11.5 Å². The van der Waals surface area contributed by atoms with Crippen LogP contribution < -0.4 is 5.56 Å². The second-order valence-corrected chi connectivity index (χ2v) is 4.43. The number of aryl methyl sites for hydroxylation is 3. The maximum Gasteiger partial charge on any atom is 0.278 e. The third-order valence-electron chi connectivity index (χ3n) is 3.13. The average molecular weight is 260 g/mol. The molecule has 1 aromatic heterocycles. The average Bonchev–Trinajstić information content (AvgIpc) is 2.38. The van der Waals surface area contributed by atoms with Crippen LogP contribution in [0.2, 0.25) is 0 Å². The molecule has 100 valence electrons. The Hall–Kier alpha value is -2.30. The third kappa shape index (κ3) is 2.19. The van der Waals surface area contributed by atoms with E-state index in [9.17, 15) is 15.0 Å². The molecular weight excluding hydrogens is 244 g/mol. The molecule has 0 unspecified atom stereocenters. The van der Waals surface area contributed by atoms with Crippen molar-refractivity contribution in [3.05, 3.63) is 39.8 Å². The van der Waals surface area contributed by atoms with E-state index in [1.807, 2.05) is 6.92 Å². The Balaban J connectivity index is 2.83. The van der Waals surface area contributed by atoms with Crippen molar-refractivity contribution in [2.45, 2.75) is 20.3 Å². The van der Waals surface area contributed by atoms with Crippen LogP contribution in [-0.4, -0.2) is 20.0 Å². The van der Waals surface area contributed by atoms with Crippen molar-refractivity contribution in [1.82, 2.24) is 9.78 Å². The second-order valence-electron chi connectivity index (χ2n) is 4.43. The lowest BCUT2D eigenvalue weighted by molar-refractivity contribution is 0.460. The maximum atomic E-state index is 12.2. The lowest BCUT2D eigenvalue weighted by atomic mass is 9.98. The zero-order valence-corrected chi connectivity index (χ0v) is 11.1. The van der Waals surface area contributed by atoms with Gasteiger partial charge in [0.1, 0.15) is 11.4 Å². The van der Waals surface area contributed by atoms with Crippen molar-refractivity contribution < 1.29 is 10.2 Å². The molecule has 0 spiro atoms. The minimum absolute atomic E-state index is 0.108. The molecule has 0 radical (unpaired) electrons. The molecule has 1 aromatic carbocycles. The Morgan fingerprint density at radius 3 is 2.63 bits per heavy atom. The minimum Gasteiger partial charge on any atom is -0.508 e. The number of phenolic OH excluding ortho intramolecular Hbond substituents is 1. The summed E-state index contributed by atoms with van der Waals surface area (Å²) in [6.45, 7) is 3.57. The summed E-state index contributed by atoms with van der Waals surface area (Å²) < 4.78 is 1.21. The summed E-state index contributed by atoms with van der Waals surface area (Å²) in [5, 5.41) is 23.5. The number of aromatic hydroxyl groups is 2. The molecule has 0 saturated carbocycles. The number of hydrogen-bond acceptors (Lipinski definition) is 4. The Bertz CT molecular complexity index is 690. The zero-order valence-electron chi connectivity index (χ0n) is 11.1. The van der Waals surface area contributed by atoms with Crippen LogP contribution in [0, 0.1) is 6.92 Å². The molecule has 0 bridgehead atoms. The van der Waals surface area contributed by atoms with E-state index in [1.165, 1.54) is 10.7 Å². The molecular formula is C14H16N2O3. The second kappa shape index (κ2) is 4.76. The van der Waals surface area contributed by atoms with Gasteiger partial charge in [0.2, 0.25) is 0 Å². The lowest BCUT2D eigenvalue weighted by Crippen LogP contribution is -2.22. The first-order valence-electron chi connectivity index (χ1n) is 6.04. The fraction of sp³-hybridized carbons (Fsp3) is 0.286. The van der Waals surface area contributed by atoms with E-state index in [1.54, 1.807) is 26.1 Å². The third-order valence-corrected chi connectivity index (χ3v) is 3.13. The van der Waals surface area contributed by atoms with E-state index in [2.05, 4.69) is 5.10 Å². The lowest BCUT2D eigenvalue weighted by Gasteiger charge is -2.12. The SMILES string of the molecule is CCc1cc(O)ccc1-c1c(O)c(C)nn(C)c1=O. The van der Waals surface area contributed by atoms with Gasteiger partial charge in [-0.15, -0.1) is 0 Å². The van der Waals surface area contributed by atoms with Gasteiger partial charge in [0.05, 0.1) is 5.56 Å². The molecule has 2 rings (SSSR count). The van der Waals surface area contributed by atoms with Gasteiger partial charge in [-0.3, -0.25) is 4.79 Å². The monoisotopic (exact) mass is 260 g/mol. The van der Waals surface area contributed by atoms with E-state index >= 15 is 0 Å². The molecule has 1 heterocycles. The van der Waals surface area contributed by atoms with Crippen molar-refractivity contribution in [2.75, 3.05) is 0 Å². The van der Waals surface area contributed by atoms with Gasteiger partial charge in [-0.25, -0.2) is 4.68 Å². The van der Waals surface area contributed by atoms with Gasteiger partial charge in [-0.1, -0.05) is 13.0 Å². The number of benzene rings is 1. The quantitative estimate of drug-likeness (QED) is 0.862. The molecule has 2 aromatic rings. The topological polar surface area (TPSA) is 75.3 Å². The number of rotatable bonds is 2. The summed E-state index contributed by atoms with van der Waals surface area (Å²) in [5.41, 5.74) is 1.70. The van der Waals surface area contributed by atoms with Gasteiger partial charge in [-0.05, 0) is 36.6 Å². The van der Waals surface area contributed by atoms with E-state index in [4.69, 9.17) is 0 Å². The van der Waals surface area contributed by atoms with Crippen LogP contribution in [0.25, 0.3) is 11.1 Å². The molecule has 2 N–H and O–H groups in total. The number of nitrogens with zero attached hydrogens (tertiary/aromatic N) is 2. The highest BCUT2D eigenvalue weighted by atomic mass is 16.3. The largest absolute Gasteiger partial charge is 0.508 e. The molecule has 0 aliphatic carbocycles. The van der Waals surface area contributed by atoms with Gasteiger partial charge in [0.25, 0.3) is 5.56 Å². The first kappa shape index (κ1) is 13.1. The van der Waals surface area contributed by atoms with Gasteiger partial charge in [-0.2, -0.15) is 5.10 Å². The summed E-state index contributed by atoms with van der Waals surface area (Å²) in [6, 6.07) is 4.75. The first-order chi connectivity index (χ1) is 8.95. The molecule has 19 heavy (non-hydrogen) atoms. The predicted molar refractivity (Wildman–Crippen MR) is 72.4 cm³/mol. The molecule has 5 heteroatoms. The molecule has 0 aliphatic heterocycles. The molecule has 0 aliphatic rings. The number of aromatic nitrogens is 2. The van der Waals surface area contributed by atoms with Crippen LogP contribution >= 0.6 is 0 Å². The highest BCUT2D eigenvalue weighted by Crippen LogP contribution is 2.32. The highest BCUT2D eigenvalue weighted by Gasteiger charge is 2.17. The van der Waals surface area contributed by atoms with Gasteiger partial charge >= 0.3 is 0 Å². The molecule has 0 fully saturated rings. The van der Waals surface area contributed by atoms with Gasteiger partial charge in [0.15, 0.2) is 5.75 Å². The van der Waals surface area contributed by atoms with Crippen molar-refractivity contribution in [3.63, 3.8) is 0 Å². The summed E-state index contributed by atoms with van der Waals surface area (Å²) in [7, 11) is 1.55. The first-order valence-corrected chi connectivity index (χ1v) is 6.04. The highest BCUT2D eigenvalue weighted by molar-refractivity contribution is 5.73. The summed E-state index contributed by atoms with van der Waals surface area (Å²) >= 11 is 0. The smallest absolute Gasteiger partial charge is 0.278 e. The summed E-state index contributed by atoms with van der Waals surface area (Å²) in [4.78, 5) is 12.2. The molecule has 0 atom stereocenters. The van der Waals surface area contributed by atoms with Crippen LogP contribution in [0.15, 0.2) is 23.0 Å². The van der Waals surface area contributed by atoms with Crippen molar-refractivity contribution in [2.24, 2.45) is 7.05 Å². The van der Waals surface area contributed by atoms with Crippen molar-refractivity contribution in [1.29, 1.82) is 0 Å². The Morgan fingerprint density at radius 1 is 1.32 bits per heavy atom. The minimum atomic E-state index is -0.358. The molecule has 5 nitrogen and oxygen atoms in total. The van der Waals surface area contributed by atoms with Gasteiger partial charge < -0.3 is 10.2 Å². The van der Waals surface area contributed by atoms with E-state index in [-0.39, 0.29) is 22.6 Å². The van der Waals surface area contributed by atoms with Crippen molar-refractivity contribution in [3.8, 4) is 22.6 Å². The normalized spacial score (nSPS) is 10.7. The fourth-order valence-electron chi connectivity index (χ4n) is 2.12. The van der Waals surface area contributed by atoms with E-state index < -0.39 is 0 Å². The summed E-state index contributed by atoms with van der Waals surface area (Å²) in [6.07, 6.45) is 0.647. The summed E-state index contributed by atoms with van der Waals surface area (Å²) in [5.74, 6) is 0.0335. The Kier molecular flexibility index (Phi) is 3.29. The Labute approximate surface area is 110 Å².